The second kappa shape index (κ2) is 8.28. The molecule has 0 aliphatic heterocycles. The molecule has 14 heteroatoms. The van der Waals surface area contributed by atoms with Gasteiger partial charge in [0.15, 0.2) is 20.2 Å². The zero-order valence-corrected chi connectivity index (χ0v) is 25.9. The molecule has 1 aromatic carbocycles. The van der Waals surface area contributed by atoms with Gasteiger partial charge < -0.3 is 0 Å². The number of carbonyl (C=O) groups excluding carboxylic acids is 2. The Hall–Kier alpha value is 1.000. The van der Waals surface area contributed by atoms with Crippen LogP contribution in [0, 0.1) is 0 Å². The summed E-state index contributed by atoms with van der Waals surface area (Å²) in [5.74, 6) is -1.16. The number of halogens is 12. The van der Waals surface area contributed by atoms with Crippen LogP contribution in [0.15, 0.2) is 67.7 Å². The van der Waals surface area contributed by atoms with Gasteiger partial charge in [0.25, 0.3) is 0 Å². The van der Waals surface area contributed by atoms with Gasteiger partial charge in [-0.25, -0.2) is 0 Å². The highest BCUT2D eigenvalue weighted by atomic mass is 35.5. The molecule has 0 heterocycles. The number of hydrogen-bond acceptors (Lipinski definition) is 2. The van der Waals surface area contributed by atoms with Crippen LogP contribution in [0.2, 0.25) is 0 Å². The fraction of sp³-hybridized carbons (Fsp3) is 0.273. The normalized spacial score (nSPS) is 37.6. The molecule has 0 radical (unpaired) electrons. The molecular formula is C22H6Cl12O2. The van der Waals surface area contributed by atoms with Gasteiger partial charge >= 0.3 is 0 Å². The standard InChI is InChI=1S/C22H6Cl12O2/c23-13-15(25)19(29)9(5-17(13,27)21(19,31)32)11(35)7-1-2-8(4-3-7)12(36)10-6-18(28)14(24)16(26)20(10,30)22(18,33)34/h1-6H/t17-,18+,19+,20-. The molecule has 4 bridgehead atoms. The third-order valence-electron chi connectivity index (χ3n) is 6.74. The van der Waals surface area contributed by atoms with E-state index in [0.717, 1.165) is 0 Å². The van der Waals surface area contributed by atoms with Gasteiger partial charge in [0.1, 0.15) is 19.5 Å². The molecule has 5 rings (SSSR count). The van der Waals surface area contributed by atoms with Crippen molar-refractivity contribution in [1.29, 1.82) is 0 Å². The SMILES string of the molecule is O=C(C1=C[C@@]2(Cl)C(Cl)=C(Cl)[C@]1(Cl)C2(Cl)Cl)c1ccc(C(=O)C2=C[C@]3(Cl)C(Cl)=C(Cl)[C@@]2(Cl)C3(Cl)Cl)cc1. The van der Waals surface area contributed by atoms with E-state index in [4.69, 9.17) is 139 Å². The molecule has 0 saturated heterocycles. The monoisotopic (exact) mass is 722 g/mol. The predicted octanol–water partition coefficient (Wildman–Crippen LogP) is 9.60. The molecule has 4 aliphatic carbocycles. The van der Waals surface area contributed by atoms with E-state index in [9.17, 15) is 9.59 Å². The van der Waals surface area contributed by atoms with Crippen LogP contribution in [0.4, 0.5) is 0 Å². The van der Waals surface area contributed by atoms with E-state index < -0.39 is 39.7 Å². The van der Waals surface area contributed by atoms with Crippen molar-refractivity contribution in [1.82, 2.24) is 0 Å². The Kier molecular flexibility index (Phi) is 6.56. The van der Waals surface area contributed by atoms with Crippen LogP contribution in [0.1, 0.15) is 20.7 Å². The molecule has 0 saturated carbocycles. The molecule has 1 aromatic rings. The molecule has 2 nitrogen and oxygen atoms in total. The Labute approximate surface area is 264 Å². The number of benzene rings is 1. The third kappa shape index (κ3) is 2.96. The van der Waals surface area contributed by atoms with E-state index in [2.05, 4.69) is 0 Å². The van der Waals surface area contributed by atoms with Crippen molar-refractivity contribution in [2.75, 3.05) is 0 Å². The summed E-state index contributed by atoms with van der Waals surface area (Å²) >= 11 is 77.1. The highest BCUT2D eigenvalue weighted by Crippen LogP contribution is 2.73. The van der Waals surface area contributed by atoms with Crippen LogP contribution in [0.3, 0.4) is 0 Å². The number of hydrogen-bond donors (Lipinski definition) is 0. The topological polar surface area (TPSA) is 34.1 Å². The summed E-state index contributed by atoms with van der Waals surface area (Å²) in [4.78, 5) is 19.6. The van der Waals surface area contributed by atoms with E-state index in [1.165, 1.54) is 36.4 Å². The first-order chi connectivity index (χ1) is 16.4. The van der Waals surface area contributed by atoms with Gasteiger partial charge in [-0.15, -0.1) is 46.4 Å². The molecule has 0 spiro atoms. The summed E-state index contributed by atoms with van der Waals surface area (Å²) in [7, 11) is 0. The molecule has 0 unspecified atom stereocenters. The first kappa shape index (κ1) is 28.5. The van der Waals surface area contributed by atoms with Crippen molar-refractivity contribution in [3.8, 4) is 0 Å². The lowest BCUT2D eigenvalue weighted by Crippen LogP contribution is -2.45. The lowest BCUT2D eigenvalue weighted by molar-refractivity contribution is 0.101. The highest BCUT2D eigenvalue weighted by Gasteiger charge is 2.77. The average molecular weight is 728 g/mol. The van der Waals surface area contributed by atoms with Crippen LogP contribution in [-0.2, 0) is 0 Å². The number of allylic oxidation sites excluding steroid dienone is 8. The van der Waals surface area contributed by atoms with Crippen LogP contribution in [-0.4, -0.2) is 39.7 Å². The maximum Gasteiger partial charge on any atom is 0.191 e. The summed E-state index contributed by atoms with van der Waals surface area (Å²) in [5.41, 5.74) is 0.157. The van der Waals surface area contributed by atoms with Gasteiger partial charge in [-0.2, -0.15) is 0 Å². The molecule has 0 amide bonds. The van der Waals surface area contributed by atoms with Gasteiger partial charge in [0.2, 0.25) is 0 Å². The fourth-order valence-corrected chi connectivity index (χ4v) is 9.66. The number of ketones is 2. The first-order valence-corrected chi connectivity index (χ1v) is 14.2. The molecule has 4 atom stereocenters. The lowest BCUT2D eigenvalue weighted by Gasteiger charge is -2.33. The van der Waals surface area contributed by atoms with Crippen molar-refractivity contribution < 1.29 is 9.59 Å². The highest BCUT2D eigenvalue weighted by molar-refractivity contribution is 6.69. The summed E-state index contributed by atoms with van der Waals surface area (Å²) in [5, 5.41) is -0.444. The predicted molar refractivity (Wildman–Crippen MR) is 152 cm³/mol. The summed E-state index contributed by atoms with van der Waals surface area (Å²) in [6, 6.07) is 5.54. The maximum atomic E-state index is 13.4. The number of rotatable bonds is 4. The zero-order valence-electron chi connectivity index (χ0n) is 16.8. The fourth-order valence-electron chi connectivity index (χ4n) is 4.68. The Morgan fingerprint density at radius 3 is 1.00 bits per heavy atom. The van der Waals surface area contributed by atoms with E-state index in [0.29, 0.717) is 0 Å². The van der Waals surface area contributed by atoms with E-state index in [1.54, 1.807) is 0 Å². The van der Waals surface area contributed by atoms with E-state index >= 15 is 0 Å². The number of fused-ring (bicyclic) bond motifs is 4. The summed E-state index contributed by atoms with van der Waals surface area (Å²) in [6.45, 7) is 0. The second-order valence-electron chi connectivity index (χ2n) is 8.50. The van der Waals surface area contributed by atoms with E-state index in [-0.39, 0.29) is 42.4 Å². The minimum absolute atomic E-state index is 0.0575. The number of carbonyl (C=O) groups is 2. The second-order valence-corrected chi connectivity index (χ2v) is 15.0. The van der Waals surface area contributed by atoms with Gasteiger partial charge in [-0.3, -0.25) is 9.59 Å². The summed E-state index contributed by atoms with van der Waals surface area (Å²) < 4.78 is -3.86. The Morgan fingerprint density at radius 1 is 0.500 bits per heavy atom. The van der Waals surface area contributed by atoms with Crippen molar-refractivity contribution in [3.63, 3.8) is 0 Å². The number of alkyl halides is 8. The molecule has 0 fully saturated rings. The summed E-state index contributed by atoms with van der Waals surface area (Å²) in [6.07, 6.45) is 2.57. The molecule has 0 N–H and O–H groups in total. The zero-order chi connectivity index (χ0) is 27.0. The molecule has 190 valence electrons. The van der Waals surface area contributed by atoms with Gasteiger partial charge in [-0.1, -0.05) is 117 Å². The van der Waals surface area contributed by atoms with Crippen LogP contribution in [0.25, 0.3) is 0 Å². The van der Waals surface area contributed by atoms with Crippen molar-refractivity contribution in [3.05, 3.63) is 78.8 Å². The average Bonchev–Trinajstić information content (AvgIpc) is 3.19. The molecular weight excluding hydrogens is 722 g/mol. The van der Waals surface area contributed by atoms with Crippen LogP contribution >= 0.6 is 139 Å². The van der Waals surface area contributed by atoms with Gasteiger partial charge in [0, 0.05) is 22.3 Å². The largest absolute Gasteiger partial charge is 0.289 e. The number of Topliss-reactive ketones (excluding diaryl/α,β-unsaturated/α-hetero) is 2. The molecule has 4 aliphatic rings. The lowest BCUT2D eigenvalue weighted by atomic mass is 9.90. The Balaban J connectivity index is 1.47. The van der Waals surface area contributed by atoms with Gasteiger partial charge in [-0.05, 0) is 12.2 Å². The third-order valence-corrected chi connectivity index (χ3v) is 14.9. The van der Waals surface area contributed by atoms with Crippen molar-refractivity contribution >= 4 is 151 Å². The quantitative estimate of drug-likeness (QED) is 0.229. The minimum atomic E-state index is -1.93. The van der Waals surface area contributed by atoms with Crippen molar-refractivity contribution in [2.45, 2.75) is 28.2 Å². The molecule has 0 aromatic heterocycles. The Morgan fingerprint density at radius 2 is 0.778 bits per heavy atom. The first-order valence-electron chi connectivity index (χ1n) is 9.65. The molecule has 36 heavy (non-hydrogen) atoms. The van der Waals surface area contributed by atoms with Crippen LogP contribution < -0.4 is 0 Å². The van der Waals surface area contributed by atoms with Crippen LogP contribution in [0.5, 0.6) is 0 Å². The van der Waals surface area contributed by atoms with Gasteiger partial charge in [0.05, 0.1) is 20.1 Å². The maximum absolute atomic E-state index is 13.4. The van der Waals surface area contributed by atoms with Crippen molar-refractivity contribution in [2.24, 2.45) is 0 Å². The van der Waals surface area contributed by atoms with E-state index in [1.807, 2.05) is 0 Å². The minimum Gasteiger partial charge on any atom is -0.289 e. The smallest absolute Gasteiger partial charge is 0.191 e. The Bertz CT molecular complexity index is 1310.